The Hall–Kier alpha value is -0.930. The summed E-state index contributed by atoms with van der Waals surface area (Å²) >= 11 is 0. The molecule has 0 amide bonds. The van der Waals surface area contributed by atoms with Gasteiger partial charge < -0.3 is 5.32 Å². The van der Waals surface area contributed by atoms with Crippen molar-refractivity contribution in [1.29, 1.82) is 0 Å². The predicted molar refractivity (Wildman–Crippen MR) is 82.4 cm³/mol. The van der Waals surface area contributed by atoms with Crippen molar-refractivity contribution in [3.05, 3.63) is 34.6 Å². The van der Waals surface area contributed by atoms with Crippen LogP contribution in [0.15, 0.2) is 12.1 Å². The number of nitrogens with one attached hydrogen (secondary N) is 1. The van der Waals surface area contributed by atoms with E-state index in [-0.39, 0.29) is 5.82 Å². The van der Waals surface area contributed by atoms with Crippen molar-refractivity contribution in [1.82, 2.24) is 10.2 Å². The molecule has 3 heteroatoms. The van der Waals surface area contributed by atoms with Crippen LogP contribution in [-0.4, -0.2) is 30.1 Å². The molecule has 20 heavy (non-hydrogen) atoms. The largest absolute Gasteiger partial charge is 0.311 e. The summed E-state index contributed by atoms with van der Waals surface area (Å²) in [6.07, 6.45) is 2.32. The van der Waals surface area contributed by atoms with E-state index in [2.05, 4.69) is 24.1 Å². The smallest absolute Gasteiger partial charge is 0.129 e. The third-order valence-electron chi connectivity index (χ3n) is 4.46. The Morgan fingerprint density at radius 1 is 1.20 bits per heavy atom. The molecule has 2 unspecified atom stereocenters. The SMILES string of the molecule is CCC1CN(Cc2cc(C)c(F)c(C)c2)C(CC)CN1. The molecular weight excluding hydrogens is 251 g/mol. The molecule has 2 rings (SSSR count). The molecule has 0 aromatic heterocycles. The Morgan fingerprint density at radius 2 is 1.85 bits per heavy atom. The predicted octanol–water partition coefficient (Wildman–Crippen LogP) is 3.40. The molecule has 0 aliphatic carbocycles. The van der Waals surface area contributed by atoms with Crippen molar-refractivity contribution in [3.63, 3.8) is 0 Å². The van der Waals surface area contributed by atoms with Gasteiger partial charge in [0.15, 0.2) is 0 Å². The Balaban J connectivity index is 2.13. The first-order valence-electron chi connectivity index (χ1n) is 7.78. The van der Waals surface area contributed by atoms with Crippen molar-refractivity contribution in [2.24, 2.45) is 0 Å². The van der Waals surface area contributed by atoms with Gasteiger partial charge in [-0.3, -0.25) is 4.90 Å². The quantitative estimate of drug-likeness (QED) is 0.908. The molecule has 2 atom stereocenters. The van der Waals surface area contributed by atoms with Crippen molar-refractivity contribution in [2.75, 3.05) is 13.1 Å². The van der Waals surface area contributed by atoms with E-state index < -0.39 is 0 Å². The van der Waals surface area contributed by atoms with E-state index in [9.17, 15) is 4.39 Å². The Labute approximate surface area is 122 Å². The van der Waals surface area contributed by atoms with E-state index in [1.165, 1.54) is 5.56 Å². The fourth-order valence-corrected chi connectivity index (χ4v) is 3.16. The summed E-state index contributed by atoms with van der Waals surface area (Å²) < 4.78 is 13.7. The zero-order chi connectivity index (χ0) is 14.7. The fourth-order valence-electron chi connectivity index (χ4n) is 3.16. The van der Waals surface area contributed by atoms with E-state index >= 15 is 0 Å². The van der Waals surface area contributed by atoms with Crippen molar-refractivity contribution < 1.29 is 4.39 Å². The van der Waals surface area contributed by atoms with E-state index in [1.807, 2.05) is 26.0 Å². The third-order valence-corrected chi connectivity index (χ3v) is 4.46. The highest BCUT2D eigenvalue weighted by molar-refractivity contribution is 5.30. The summed E-state index contributed by atoms with van der Waals surface area (Å²) in [4.78, 5) is 2.55. The number of hydrogen-bond donors (Lipinski definition) is 1. The molecule has 1 N–H and O–H groups in total. The number of nitrogens with zero attached hydrogens (tertiary/aromatic N) is 1. The van der Waals surface area contributed by atoms with Crippen molar-refractivity contribution in [2.45, 2.75) is 59.2 Å². The third kappa shape index (κ3) is 3.39. The van der Waals surface area contributed by atoms with Gasteiger partial charge in [0.25, 0.3) is 0 Å². The van der Waals surface area contributed by atoms with Crippen LogP contribution in [0, 0.1) is 19.7 Å². The van der Waals surface area contributed by atoms with Gasteiger partial charge in [-0.2, -0.15) is 0 Å². The van der Waals surface area contributed by atoms with E-state index in [4.69, 9.17) is 0 Å². The molecule has 0 radical (unpaired) electrons. The number of rotatable bonds is 4. The van der Waals surface area contributed by atoms with Gasteiger partial charge in [0.1, 0.15) is 5.82 Å². The summed E-state index contributed by atoms with van der Waals surface area (Å²) in [5.74, 6) is -0.0625. The van der Waals surface area contributed by atoms with Crippen LogP contribution >= 0.6 is 0 Å². The zero-order valence-electron chi connectivity index (χ0n) is 13.2. The van der Waals surface area contributed by atoms with Crippen LogP contribution < -0.4 is 5.32 Å². The highest BCUT2D eigenvalue weighted by atomic mass is 19.1. The van der Waals surface area contributed by atoms with Crippen LogP contribution in [0.2, 0.25) is 0 Å². The first-order valence-corrected chi connectivity index (χ1v) is 7.78. The van der Waals surface area contributed by atoms with Crippen molar-refractivity contribution in [3.8, 4) is 0 Å². The molecule has 112 valence electrons. The minimum Gasteiger partial charge on any atom is -0.311 e. The van der Waals surface area contributed by atoms with Crippen LogP contribution in [0.25, 0.3) is 0 Å². The normalized spacial score (nSPS) is 24.1. The molecule has 1 aromatic rings. The summed E-state index contributed by atoms with van der Waals surface area (Å²) in [6, 6.07) is 5.17. The minimum absolute atomic E-state index is 0.0625. The van der Waals surface area contributed by atoms with E-state index in [0.717, 1.165) is 43.6 Å². The topological polar surface area (TPSA) is 15.3 Å². The molecule has 1 aliphatic rings. The molecule has 1 aliphatic heterocycles. The Bertz CT molecular complexity index is 435. The summed E-state index contributed by atoms with van der Waals surface area (Å²) in [5.41, 5.74) is 2.75. The molecule has 2 nitrogen and oxygen atoms in total. The first-order chi connectivity index (χ1) is 9.55. The van der Waals surface area contributed by atoms with Crippen LogP contribution in [0.4, 0.5) is 4.39 Å². The van der Waals surface area contributed by atoms with Crippen LogP contribution in [0.1, 0.15) is 43.4 Å². The monoisotopic (exact) mass is 278 g/mol. The highest BCUT2D eigenvalue weighted by Gasteiger charge is 2.25. The first kappa shape index (κ1) is 15.5. The van der Waals surface area contributed by atoms with Gasteiger partial charge in [-0.1, -0.05) is 26.0 Å². The molecule has 0 saturated carbocycles. The maximum absolute atomic E-state index is 13.7. The van der Waals surface area contributed by atoms with Crippen LogP contribution in [-0.2, 0) is 6.54 Å². The fraction of sp³-hybridized carbons (Fsp3) is 0.647. The van der Waals surface area contributed by atoms with Gasteiger partial charge in [0.2, 0.25) is 0 Å². The molecule has 0 spiro atoms. The maximum Gasteiger partial charge on any atom is 0.129 e. The van der Waals surface area contributed by atoms with Crippen LogP contribution in [0.3, 0.4) is 0 Å². The van der Waals surface area contributed by atoms with Gasteiger partial charge in [0.05, 0.1) is 0 Å². The van der Waals surface area contributed by atoms with Crippen molar-refractivity contribution >= 4 is 0 Å². The summed E-state index contributed by atoms with van der Waals surface area (Å²) in [6.45, 7) is 11.3. The molecule has 1 saturated heterocycles. The molecule has 1 heterocycles. The Kier molecular flexibility index (Phi) is 5.17. The number of piperazine rings is 1. The minimum atomic E-state index is -0.0625. The number of halogens is 1. The van der Waals surface area contributed by atoms with Gasteiger partial charge in [-0.05, 0) is 43.4 Å². The lowest BCUT2D eigenvalue weighted by atomic mass is 10.0. The molecule has 1 fully saturated rings. The van der Waals surface area contributed by atoms with Gasteiger partial charge >= 0.3 is 0 Å². The second-order valence-corrected chi connectivity index (χ2v) is 6.05. The van der Waals surface area contributed by atoms with E-state index in [1.54, 1.807) is 0 Å². The van der Waals surface area contributed by atoms with Gasteiger partial charge in [0, 0.05) is 31.7 Å². The van der Waals surface area contributed by atoms with Crippen LogP contribution in [0.5, 0.6) is 0 Å². The highest BCUT2D eigenvalue weighted by Crippen LogP contribution is 2.20. The average molecular weight is 278 g/mol. The summed E-state index contributed by atoms with van der Waals surface area (Å²) in [5, 5.41) is 3.62. The average Bonchev–Trinajstić information content (AvgIpc) is 2.44. The maximum atomic E-state index is 13.7. The molecular formula is C17H27FN2. The van der Waals surface area contributed by atoms with Gasteiger partial charge in [-0.25, -0.2) is 4.39 Å². The van der Waals surface area contributed by atoms with E-state index in [0.29, 0.717) is 12.1 Å². The number of aryl methyl sites for hydroxylation is 2. The van der Waals surface area contributed by atoms with Gasteiger partial charge in [-0.15, -0.1) is 0 Å². The lowest BCUT2D eigenvalue weighted by Crippen LogP contribution is -2.55. The second kappa shape index (κ2) is 6.68. The summed E-state index contributed by atoms with van der Waals surface area (Å²) in [7, 11) is 0. The second-order valence-electron chi connectivity index (χ2n) is 6.05. The lowest BCUT2D eigenvalue weighted by Gasteiger charge is -2.40. The number of benzene rings is 1. The number of hydrogen-bond acceptors (Lipinski definition) is 2. The lowest BCUT2D eigenvalue weighted by molar-refractivity contribution is 0.117. The standard InChI is InChI=1S/C17H27FN2/c1-5-15-11-20(16(6-2)9-19-15)10-14-7-12(3)17(18)13(4)8-14/h7-8,15-16,19H,5-6,9-11H2,1-4H3. The molecule has 0 bridgehead atoms. The Morgan fingerprint density at radius 3 is 2.40 bits per heavy atom. The molecule has 1 aromatic carbocycles. The zero-order valence-corrected chi connectivity index (χ0v) is 13.2.